The van der Waals surface area contributed by atoms with E-state index in [1.165, 1.54) is 12.1 Å². The number of ether oxygens (including phenoxy) is 2. The van der Waals surface area contributed by atoms with Crippen molar-refractivity contribution < 1.29 is 35.8 Å². The Morgan fingerprint density at radius 3 is 1.37 bits per heavy atom. The molecule has 12 heteroatoms. The van der Waals surface area contributed by atoms with Crippen LogP contribution in [0.4, 0.5) is 37.7 Å². The van der Waals surface area contributed by atoms with Gasteiger partial charge >= 0.3 is 12.7 Å². The standard InChI is InChI=1S/C15H10Cl2F6N2O2/c16-10-5-8(26-14(18,19)20)1-3-12(10)24-7-25-13-4-2-9(6-11(13)17)27-15(21,22)23/h1-6,24-25H,7H2. The normalized spacial score (nSPS) is 11.9. The van der Waals surface area contributed by atoms with E-state index in [-0.39, 0.29) is 16.7 Å². The second-order valence-electron chi connectivity index (χ2n) is 4.91. The number of anilines is 2. The van der Waals surface area contributed by atoms with E-state index in [2.05, 4.69) is 20.1 Å². The van der Waals surface area contributed by atoms with Crippen molar-refractivity contribution in [3.63, 3.8) is 0 Å². The van der Waals surface area contributed by atoms with Gasteiger partial charge in [0.05, 0.1) is 28.1 Å². The zero-order valence-corrected chi connectivity index (χ0v) is 14.5. The molecule has 0 unspecified atom stereocenters. The third-order valence-electron chi connectivity index (χ3n) is 2.91. The van der Waals surface area contributed by atoms with Crippen LogP contribution in [0.15, 0.2) is 36.4 Å². The van der Waals surface area contributed by atoms with Crippen LogP contribution < -0.4 is 20.1 Å². The molecule has 0 saturated heterocycles. The lowest BCUT2D eigenvalue weighted by Gasteiger charge is -2.14. The molecule has 0 radical (unpaired) electrons. The van der Waals surface area contributed by atoms with Gasteiger partial charge in [0, 0.05) is 12.1 Å². The summed E-state index contributed by atoms with van der Waals surface area (Å²) in [5.74, 6) is -0.955. The summed E-state index contributed by atoms with van der Waals surface area (Å²) in [6, 6.07) is 6.64. The highest BCUT2D eigenvalue weighted by Crippen LogP contribution is 2.32. The lowest BCUT2D eigenvalue weighted by Crippen LogP contribution is -2.17. The largest absolute Gasteiger partial charge is 0.573 e. The summed E-state index contributed by atoms with van der Waals surface area (Å²) in [6.07, 6.45) is -9.67. The Bertz CT molecular complexity index is 733. The average molecular weight is 435 g/mol. The fourth-order valence-corrected chi connectivity index (χ4v) is 2.38. The zero-order chi connectivity index (χ0) is 20.2. The number of rotatable bonds is 6. The highest BCUT2D eigenvalue weighted by Gasteiger charge is 2.32. The number of halogens is 8. The van der Waals surface area contributed by atoms with Gasteiger partial charge in [-0.3, -0.25) is 0 Å². The van der Waals surface area contributed by atoms with E-state index in [9.17, 15) is 26.3 Å². The van der Waals surface area contributed by atoms with Crippen molar-refractivity contribution in [3.8, 4) is 11.5 Å². The molecule has 2 aromatic carbocycles. The summed E-state index contributed by atoms with van der Waals surface area (Å²) in [5.41, 5.74) is 0.596. The summed E-state index contributed by atoms with van der Waals surface area (Å²) >= 11 is 11.7. The molecule has 0 aliphatic heterocycles. The topological polar surface area (TPSA) is 42.5 Å². The molecule has 0 aromatic heterocycles. The fraction of sp³-hybridized carbons (Fsp3) is 0.200. The quantitative estimate of drug-likeness (QED) is 0.415. The highest BCUT2D eigenvalue weighted by atomic mass is 35.5. The summed E-state index contributed by atoms with van der Waals surface area (Å²) in [5, 5.41) is 5.51. The van der Waals surface area contributed by atoms with E-state index in [0.29, 0.717) is 11.4 Å². The molecule has 2 aromatic rings. The van der Waals surface area contributed by atoms with Crippen LogP contribution in [-0.4, -0.2) is 19.4 Å². The number of nitrogens with one attached hydrogen (secondary N) is 2. The molecule has 27 heavy (non-hydrogen) atoms. The molecule has 0 aliphatic rings. The van der Waals surface area contributed by atoms with Crippen LogP contribution in [0.2, 0.25) is 10.0 Å². The molecule has 0 fully saturated rings. The maximum absolute atomic E-state index is 12.1. The molecular formula is C15H10Cl2F6N2O2. The first kappa shape index (κ1) is 21.1. The Morgan fingerprint density at radius 2 is 1.07 bits per heavy atom. The second kappa shape index (κ2) is 8.22. The Hall–Kier alpha value is -2.20. The van der Waals surface area contributed by atoms with Gasteiger partial charge in [-0.1, -0.05) is 23.2 Å². The van der Waals surface area contributed by atoms with Gasteiger partial charge in [-0.25, -0.2) is 0 Å². The first-order chi connectivity index (χ1) is 12.4. The van der Waals surface area contributed by atoms with Crippen molar-refractivity contribution in [2.75, 3.05) is 17.3 Å². The Labute approximate surface area is 159 Å². The molecule has 0 atom stereocenters. The van der Waals surface area contributed by atoms with Crippen molar-refractivity contribution >= 4 is 34.6 Å². The van der Waals surface area contributed by atoms with Crippen molar-refractivity contribution in [2.24, 2.45) is 0 Å². The number of hydrogen-bond acceptors (Lipinski definition) is 4. The molecule has 0 bridgehead atoms. The average Bonchev–Trinajstić information content (AvgIpc) is 2.48. The molecule has 0 aliphatic carbocycles. The summed E-state index contributed by atoms with van der Waals surface area (Å²) < 4.78 is 80.3. The van der Waals surface area contributed by atoms with Crippen molar-refractivity contribution in [3.05, 3.63) is 46.4 Å². The number of hydrogen-bond donors (Lipinski definition) is 2. The first-order valence-corrected chi connectivity index (χ1v) is 7.77. The van der Waals surface area contributed by atoms with Gasteiger partial charge in [-0.15, -0.1) is 26.3 Å². The Morgan fingerprint density at radius 1 is 0.704 bits per heavy atom. The van der Waals surface area contributed by atoms with Crippen molar-refractivity contribution in [1.82, 2.24) is 0 Å². The van der Waals surface area contributed by atoms with Crippen LogP contribution in [-0.2, 0) is 0 Å². The monoisotopic (exact) mass is 434 g/mol. The van der Waals surface area contributed by atoms with Gasteiger partial charge in [-0.2, -0.15) is 0 Å². The van der Waals surface area contributed by atoms with Gasteiger partial charge in [0.15, 0.2) is 0 Å². The maximum atomic E-state index is 12.1. The third-order valence-corrected chi connectivity index (χ3v) is 3.53. The van der Waals surface area contributed by atoms with Gasteiger partial charge in [-0.05, 0) is 24.3 Å². The lowest BCUT2D eigenvalue weighted by molar-refractivity contribution is -0.275. The Balaban J connectivity index is 1.94. The summed E-state index contributed by atoms with van der Waals surface area (Å²) in [6.45, 7) is 0.0262. The van der Waals surface area contributed by atoms with Crippen LogP contribution in [0.5, 0.6) is 11.5 Å². The molecule has 148 valence electrons. The van der Waals surface area contributed by atoms with Gasteiger partial charge in [0.25, 0.3) is 0 Å². The second-order valence-corrected chi connectivity index (χ2v) is 5.72. The molecule has 2 N–H and O–H groups in total. The van der Waals surface area contributed by atoms with E-state index in [1.54, 1.807) is 0 Å². The lowest BCUT2D eigenvalue weighted by atomic mass is 10.3. The van der Waals surface area contributed by atoms with Crippen LogP contribution in [0.1, 0.15) is 0 Å². The molecule has 0 amide bonds. The predicted octanol–water partition coefficient (Wildman–Crippen LogP) is 6.27. The van der Waals surface area contributed by atoms with Gasteiger partial charge in [0.2, 0.25) is 0 Å². The van der Waals surface area contributed by atoms with E-state index < -0.39 is 24.2 Å². The van der Waals surface area contributed by atoms with E-state index in [0.717, 1.165) is 24.3 Å². The van der Waals surface area contributed by atoms with Crippen LogP contribution >= 0.6 is 23.2 Å². The maximum Gasteiger partial charge on any atom is 0.573 e. The first-order valence-electron chi connectivity index (χ1n) is 7.01. The summed E-state index contributed by atoms with van der Waals surface area (Å²) in [7, 11) is 0. The summed E-state index contributed by atoms with van der Waals surface area (Å²) in [4.78, 5) is 0. The van der Waals surface area contributed by atoms with Gasteiger partial charge in [0.1, 0.15) is 11.5 Å². The van der Waals surface area contributed by atoms with E-state index in [4.69, 9.17) is 23.2 Å². The minimum absolute atomic E-state index is 0.0262. The molecular weight excluding hydrogens is 425 g/mol. The molecule has 0 heterocycles. The van der Waals surface area contributed by atoms with Crippen LogP contribution in [0.3, 0.4) is 0 Å². The van der Waals surface area contributed by atoms with E-state index >= 15 is 0 Å². The van der Waals surface area contributed by atoms with Crippen molar-refractivity contribution in [2.45, 2.75) is 12.7 Å². The molecule has 2 rings (SSSR count). The zero-order valence-electron chi connectivity index (χ0n) is 13.0. The predicted molar refractivity (Wildman–Crippen MR) is 88.4 cm³/mol. The van der Waals surface area contributed by atoms with Crippen LogP contribution in [0, 0.1) is 0 Å². The highest BCUT2D eigenvalue weighted by molar-refractivity contribution is 6.33. The molecule has 0 spiro atoms. The van der Waals surface area contributed by atoms with E-state index in [1.807, 2.05) is 0 Å². The van der Waals surface area contributed by atoms with Gasteiger partial charge < -0.3 is 20.1 Å². The smallest absolute Gasteiger partial charge is 0.406 e. The number of benzene rings is 2. The van der Waals surface area contributed by atoms with Crippen LogP contribution in [0.25, 0.3) is 0 Å². The molecule has 0 saturated carbocycles. The minimum atomic E-state index is -4.83. The number of alkyl halides is 6. The Kier molecular flexibility index (Phi) is 6.42. The molecule has 4 nitrogen and oxygen atoms in total. The SMILES string of the molecule is FC(F)(F)Oc1ccc(NCNc2ccc(OC(F)(F)F)cc2Cl)c(Cl)c1. The minimum Gasteiger partial charge on any atom is -0.406 e. The van der Waals surface area contributed by atoms with Crippen molar-refractivity contribution in [1.29, 1.82) is 0 Å². The third kappa shape index (κ3) is 7.14. The fourth-order valence-electron chi connectivity index (χ4n) is 1.91.